The molecule has 0 amide bonds. The molecule has 98 valence electrons. The average molecular weight is 265 g/mol. The first-order valence-electron chi connectivity index (χ1n) is 4.63. The Morgan fingerprint density at radius 3 is 2.78 bits per heavy atom. The van der Waals surface area contributed by atoms with Gasteiger partial charge in [-0.05, 0) is 0 Å². The standard InChI is InChI=1S/C8H6F3N3O4/c1-16-6(15)4-2-3(13-17-4)5-12-7(18-14-5)8(9,10)11/h4H,2H2,1H3. The van der Waals surface area contributed by atoms with Crippen molar-refractivity contribution in [2.45, 2.75) is 18.7 Å². The summed E-state index contributed by atoms with van der Waals surface area (Å²) < 4.78 is 45.0. The Morgan fingerprint density at radius 1 is 1.50 bits per heavy atom. The Morgan fingerprint density at radius 2 is 2.22 bits per heavy atom. The predicted molar refractivity (Wildman–Crippen MR) is 47.3 cm³/mol. The highest BCUT2D eigenvalue weighted by Gasteiger charge is 2.40. The number of alkyl halides is 3. The fraction of sp³-hybridized carbons (Fsp3) is 0.500. The summed E-state index contributed by atoms with van der Waals surface area (Å²) in [4.78, 5) is 18.9. The lowest BCUT2D eigenvalue weighted by Gasteiger charge is -2.03. The second kappa shape index (κ2) is 4.27. The zero-order valence-electron chi connectivity index (χ0n) is 8.89. The van der Waals surface area contributed by atoms with Gasteiger partial charge < -0.3 is 14.1 Å². The first-order chi connectivity index (χ1) is 8.41. The van der Waals surface area contributed by atoms with Crippen molar-refractivity contribution in [3.63, 3.8) is 0 Å². The number of ether oxygens (including phenoxy) is 1. The van der Waals surface area contributed by atoms with Gasteiger partial charge in [-0.1, -0.05) is 10.3 Å². The number of esters is 1. The third kappa shape index (κ3) is 2.26. The van der Waals surface area contributed by atoms with Crippen LogP contribution >= 0.6 is 0 Å². The van der Waals surface area contributed by atoms with E-state index in [2.05, 4.69) is 29.4 Å². The molecule has 0 spiro atoms. The lowest BCUT2D eigenvalue weighted by atomic mass is 10.2. The third-order valence-electron chi connectivity index (χ3n) is 2.06. The van der Waals surface area contributed by atoms with Gasteiger partial charge in [-0.15, -0.1) is 0 Å². The molecule has 0 radical (unpaired) electrons. The van der Waals surface area contributed by atoms with Crippen molar-refractivity contribution in [1.82, 2.24) is 10.1 Å². The molecule has 2 heterocycles. The van der Waals surface area contributed by atoms with Crippen molar-refractivity contribution >= 4 is 11.7 Å². The van der Waals surface area contributed by atoms with Gasteiger partial charge in [-0.25, -0.2) is 4.79 Å². The molecule has 1 aromatic rings. The Bertz CT molecular complexity index is 496. The fourth-order valence-electron chi connectivity index (χ4n) is 1.22. The summed E-state index contributed by atoms with van der Waals surface area (Å²) in [5.74, 6) is -2.54. The summed E-state index contributed by atoms with van der Waals surface area (Å²) in [5, 5.41) is 6.53. The second-order valence-electron chi connectivity index (χ2n) is 3.28. The highest BCUT2D eigenvalue weighted by molar-refractivity contribution is 6.00. The molecule has 0 aromatic carbocycles. The van der Waals surface area contributed by atoms with E-state index < -0.39 is 24.1 Å². The number of hydrogen-bond acceptors (Lipinski definition) is 7. The van der Waals surface area contributed by atoms with E-state index in [-0.39, 0.29) is 18.0 Å². The topological polar surface area (TPSA) is 86.8 Å². The van der Waals surface area contributed by atoms with Crippen LogP contribution in [0, 0.1) is 0 Å². The number of carbonyl (C=O) groups excluding carboxylic acids is 1. The second-order valence-corrected chi connectivity index (χ2v) is 3.28. The molecule has 0 saturated heterocycles. The van der Waals surface area contributed by atoms with E-state index in [1.165, 1.54) is 0 Å². The number of nitrogens with zero attached hydrogens (tertiary/aromatic N) is 3. The minimum atomic E-state index is -4.73. The Kier molecular flexibility index (Phi) is 2.93. The maximum Gasteiger partial charge on any atom is 0.471 e. The number of halogens is 3. The van der Waals surface area contributed by atoms with Crippen LogP contribution in [0.2, 0.25) is 0 Å². The van der Waals surface area contributed by atoms with E-state index in [0.717, 1.165) is 7.11 Å². The van der Waals surface area contributed by atoms with Crippen LogP contribution in [-0.4, -0.2) is 35.0 Å². The van der Waals surface area contributed by atoms with E-state index in [1.807, 2.05) is 0 Å². The molecule has 1 aromatic heterocycles. The van der Waals surface area contributed by atoms with Crippen LogP contribution in [0.3, 0.4) is 0 Å². The van der Waals surface area contributed by atoms with Crippen LogP contribution in [0.25, 0.3) is 0 Å². The van der Waals surface area contributed by atoms with Crippen LogP contribution in [0.5, 0.6) is 0 Å². The van der Waals surface area contributed by atoms with Crippen molar-refractivity contribution in [3.05, 3.63) is 11.7 Å². The minimum Gasteiger partial charge on any atom is -0.466 e. The molecule has 1 unspecified atom stereocenters. The number of hydrogen-bond donors (Lipinski definition) is 0. The van der Waals surface area contributed by atoms with Gasteiger partial charge in [-0.2, -0.15) is 18.2 Å². The van der Waals surface area contributed by atoms with Gasteiger partial charge in [0.2, 0.25) is 11.9 Å². The molecule has 0 saturated carbocycles. The number of carbonyl (C=O) groups is 1. The zero-order valence-corrected chi connectivity index (χ0v) is 8.89. The molecular weight excluding hydrogens is 259 g/mol. The monoisotopic (exact) mass is 265 g/mol. The van der Waals surface area contributed by atoms with Gasteiger partial charge >= 0.3 is 18.0 Å². The van der Waals surface area contributed by atoms with E-state index in [1.54, 1.807) is 0 Å². The van der Waals surface area contributed by atoms with E-state index in [0.29, 0.717) is 0 Å². The van der Waals surface area contributed by atoms with Gasteiger partial charge in [0.1, 0.15) is 5.71 Å². The Labute approximate surface area is 97.5 Å². The summed E-state index contributed by atoms with van der Waals surface area (Å²) in [6.07, 6.45) is -5.81. The molecule has 0 N–H and O–H groups in total. The Hall–Kier alpha value is -2.13. The number of rotatable bonds is 2. The minimum absolute atomic E-state index is 0.00958. The molecule has 0 aliphatic carbocycles. The van der Waals surface area contributed by atoms with Crippen molar-refractivity contribution < 1.29 is 32.1 Å². The highest BCUT2D eigenvalue weighted by Crippen LogP contribution is 2.28. The van der Waals surface area contributed by atoms with Gasteiger partial charge in [0.25, 0.3) is 0 Å². The van der Waals surface area contributed by atoms with E-state index in [9.17, 15) is 18.0 Å². The summed E-state index contributed by atoms with van der Waals surface area (Å²) in [5.41, 5.74) is -0.00958. The summed E-state index contributed by atoms with van der Waals surface area (Å²) in [6.45, 7) is 0. The van der Waals surface area contributed by atoms with Crippen molar-refractivity contribution in [3.8, 4) is 0 Å². The molecule has 18 heavy (non-hydrogen) atoms. The normalized spacial score (nSPS) is 19.3. The molecule has 1 aliphatic rings. The van der Waals surface area contributed by atoms with Crippen LogP contribution in [0.15, 0.2) is 9.68 Å². The summed E-state index contributed by atoms with van der Waals surface area (Å²) in [6, 6.07) is 0. The lowest BCUT2D eigenvalue weighted by Crippen LogP contribution is -2.22. The van der Waals surface area contributed by atoms with Crippen LogP contribution in [0.4, 0.5) is 13.2 Å². The molecule has 1 atom stereocenters. The first kappa shape index (κ1) is 12.3. The maximum atomic E-state index is 12.2. The van der Waals surface area contributed by atoms with Gasteiger partial charge in [0.05, 0.1) is 7.11 Å². The van der Waals surface area contributed by atoms with E-state index in [4.69, 9.17) is 0 Å². The molecule has 2 rings (SSSR count). The smallest absolute Gasteiger partial charge is 0.466 e. The van der Waals surface area contributed by atoms with Crippen LogP contribution < -0.4 is 0 Å². The number of aromatic nitrogens is 2. The molecule has 7 nitrogen and oxygen atoms in total. The van der Waals surface area contributed by atoms with Crippen molar-refractivity contribution in [1.29, 1.82) is 0 Å². The molecule has 0 fully saturated rings. The van der Waals surface area contributed by atoms with Crippen LogP contribution in [-0.2, 0) is 20.5 Å². The van der Waals surface area contributed by atoms with Gasteiger partial charge in [0, 0.05) is 6.42 Å². The molecular formula is C8H6F3N3O4. The first-order valence-corrected chi connectivity index (χ1v) is 4.63. The van der Waals surface area contributed by atoms with Crippen LogP contribution in [0.1, 0.15) is 18.1 Å². The van der Waals surface area contributed by atoms with Crippen molar-refractivity contribution in [2.75, 3.05) is 7.11 Å². The molecule has 0 bridgehead atoms. The maximum absolute atomic E-state index is 12.2. The highest BCUT2D eigenvalue weighted by atomic mass is 19.4. The molecule has 1 aliphatic heterocycles. The fourth-order valence-corrected chi connectivity index (χ4v) is 1.22. The Balaban J connectivity index is 2.11. The van der Waals surface area contributed by atoms with Gasteiger partial charge in [-0.3, -0.25) is 0 Å². The van der Waals surface area contributed by atoms with Crippen molar-refractivity contribution in [2.24, 2.45) is 5.16 Å². The SMILES string of the molecule is COC(=O)C1CC(c2noc(C(F)(F)F)n2)=NO1. The largest absolute Gasteiger partial charge is 0.471 e. The lowest BCUT2D eigenvalue weighted by molar-refractivity contribution is -0.159. The number of methoxy groups -OCH3 is 1. The van der Waals surface area contributed by atoms with E-state index >= 15 is 0 Å². The molecule has 10 heteroatoms. The van der Waals surface area contributed by atoms with Gasteiger partial charge in [0.15, 0.2) is 0 Å². The average Bonchev–Trinajstić information content (AvgIpc) is 2.94. The number of oxime groups is 1. The predicted octanol–water partition coefficient (Wildman–Crippen LogP) is 0.754. The summed E-state index contributed by atoms with van der Waals surface area (Å²) in [7, 11) is 1.15. The summed E-state index contributed by atoms with van der Waals surface area (Å²) >= 11 is 0. The zero-order chi connectivity index (χ0) is 13.3. The third-order valence-corrected chi connectivity index (χ3v) is 2.06. The quantitative estimate of drug-likeness (QED) is 0.733.